The second kappa shape index (κ2) is 10.3. The van der Waals surface area contributed by atoms with E-state index in [2.05, 4.69) is 0 Å². The monoisotopic (exact) mass is 481 g/mol. The predicted octanol–water partition coefficient (Wildman–Crippen LogP) is 4.15. The Balaban J connectivity index is 1.42. The maximum atomic E-state index is 13.0. The summed E-state index contributed by atoms with van der Waals surface area (Å²) in [6, 6.07) is 8.95. The standard InChI is InChI=1S/C27H31NO7/c1-5-34-21-8-6-18(14-22(21)32-3)7-9-25(30)28-12-10-27(11-13-28)17-20(29)26-23(33-4)15-19(31-2)16-24(26)35-27/h6-9,14-16H,5,10-13,17H2,1-4H3/b9-7+. The van der Waals surface area contributed by atoms with E-state index in [-0.39, 0.29) is 18.1 Å². The lowest BCUT2D eigenvalue weighted by Crippen LogP contribution is -2.52. The normalized spacial score (nSPS) is 16.6. The summed E-state index contributed by atoms with van der Waals surface area (Å²) in [4.78, 5) is 27.6. The third-order valence-corrected chi connectivity index (χ3v) is 6.48. The largest absolute Gasteiger partial charge is 0.496 e. The van der Waals surface area contributed by atoms with Gasteiger partial charge in [0.15, 0.2) is 17.3 Å². The van der Waals surface area contributed by atoms with Gasteiger partial charge in [-0.3, -0.25) is 9.59 Å². The first-order chi connectivity index (χ1) is 16.9. The fourth-order valence-corrected chi connectivity index (χ4v) is 4.60. The maximum absolute atomic E-state index is 13.0. The first-order valence-corrected chi connectivity index (χ1v) is 11.7. The van der Waals surface area contributed by atoms with E-state index < -0.39 is 5.60 Å². The van der Waals surface area contributed by atoms with Crippen molar-refractivity contribution in [3.63, 3.8) is 0 Å². The highest BCUT2D eigenvalue weighted by atomic mass is 16.5. The summed E-state index contributed by atoms with van der Waals surface area (Å²) in [6.45, 7) is 3.46. The van der Waals surface area contributed by atoms with Crippen LogP contribution in [-0.2, 0) is 4.79 Å². The van der Waals surface area contributed by atoms with Gasteiger partial charge in [0.05, 0.1) is 34.4 Å². The number of hydrogen-bond acceptors (Lipinski definition) is 7. The van der Waals surface area contributed by atoms with E-state index in [9.17, 15) is 9.59 Å². The molecule has 2 aromatic carbocycles. The molecular formula is C27H31NO7. The molecule has 1 amide bonds. The Kier molecular flexibility index (Phi) is 7.19. The summed E-state index contributed by atoms with van der Waals surface area (Å²) in [5, 5.41) is 0. The molecule has 0 atom stereocenters. The molecule has 8 heteroatoms. The average Bonchev–Trinajstić information content (AvgIpc) is 2.87. The smallest absolute Gasteiger partial charge is 0.246 e. The molecule has 0 aliphatic carbocycles. The number of methoxy groups -OCH3 is 3. The van der Waals surface area contributed by atoms with Crippen LogP contribution in [0.3, 0.4) is 0 Å². The van der Waals surface area contributed by atoms with Gasteiger partial charge in [-0.05, 0) is 30.7 Å². The van der Waals surface area contributed by atoms with Crippen LogP contribution in [0.2, 0.25) is 0 Å². The third-order valence-electron chi connectivity index (χ3n) is 6.48. The number of likely N-dealkylation sites (tertiary alicyclic amines) is 1. The Hall–Kier alpha value is -3.68. The Labute approximate surface area is 205 Å². The van der Waals surface area contributed by atoms with Gasteiger partial charge in [0.25, 0.3) is 0 Å². The zero-order valence-electron chi connectivity index (χ0n) is 20.6. The van der Waals surface area contributed by atoms with Crippen molar-refractivity contribution < 1.29 is 33.3 Å². The number of ketones is 1. The Bertz CT molecular complexity index is 1130. The van der Waals surface area contributed by atoms with Crippen LogP contribution in [0.15, 0.2) is 36.4 Å². The lowest BCUT2D eigenvalue weighted by Gasteiger charge is -2.44. The van der Waals surface area contributed by atoms with E-state index in [4.69, 9.17) is 23.7 Å². The summed E-state index contributed by atoms with van der Waals surface area (Å²) in [6.07, 6.45) is 4.71. The molecule has 1 saturated heterocycles. The maximum Gasteiger partial charge on any atom is 0.246 e. The molecule has 4 rings (SSSR count). The van der Waals surface area contributed by atoms with Crippen LogP contribution in [0.1, 0.15) is 42.1 Å². The number of fused-ring (bicyclic) bond motifs is 1. The van der Waals surface area contributed by atoms with Crippen LogP contribution >= 0.6 is 0 Å². The van der Waals surface area contributed by atoms with E-state index in [0.29, 0.717) is 66.8 Å². The molecule has 2 heterocycles. The zero-order valence-corrected chi connectivity index (χ0v) is 20.6. The fraction of sp³-hybridized carbons (Fsp3) is 0.407. The molecule has 1 spiro atoms. The molecule has 0 radical (unpaired) electrons. The van der Waals surface area contributed by atoms with Gasteiger partial charge >= 0.3 is 0 Å². The SMILES string of the molecule is CCOc1ccc(/C=C/C(=O)N2CCC3(CC2)CC(=O)c2c(OC)cc(OC)cc2O3)cc1OC. The van der Waals surface area contributed by atoms with Gasteiger partial charge in [-0.1, -0.05) is 6.07 Å². The van der Waals surface area contributed by atoms with Crippen molar-refractivity contribution in [1.29, 1.82) is 0 Å². The van der Waals surface area contributed by atoms with Crippen LogP contribution < -0.4 is 23.7 Å². The average molecular weight is 482 g/mol. The first-order valence-electron chi connectivity index (χ1n) is 11.7. The van der Waals surface area contributed by atoms with Crippen LogP contribution in [0.25, 0.3) is 6.08 Å². The van der Waals surface area contributed by atoms with E-state index in [1.165, 1.54) is 7.11 Å². The zero-order chi connectivity index (χ0) is 25.0. The molecule has 8 nitrogen and oxygen atoms in total. The van der Waals surface area contributed by atoms with Crippen LogP contribution in [0.4, 0.5) is 0 Å². The molecule has 186 valence electrons. The highest BCUT2D eigenvalue weighted by Gasteiger charge is 2.44. The Morgan fingerprint density at radius 1 is 1.03 bits per heavy atom. The molecule has 35 heavy (non-hydrogen) atoms. The molecular weight excluding hydrogens is 450 g/mol. The van der Waals surface area contributed by atoms with Gasteiger partial charge in [0.2, 0.25) is 5.91 Å². The number of carbonyl (C=O) groups excluding carboxylic acids is 2. The number of ether oxygens (including phenoxy) is 5. The van der Waals surface area contributed by atoms with Gasteiger partial charge in [-0.2, -0.15) is 0 Å². The number of rotatable bonds is 7. The van der Waals surface area contributed by atoms with Gasteiger partial charge in [0.1, 0.15) is 28.4 Å². The van der Waals surface area contributed by atoms with Crippen molar-refractivity contribution in [1.82, 2.24) is 4.90 Å². The van der Waals surface area contributed by atoms with Gasteiger partial charge in [0, 0.05) is 44.1 Å². The highest BCUT2D eigenvalue weighted by molar-refractivity contribution is 6.03. The van der Waals surface area contributed by atoms with Crippen LogP contribution in [0.5, 0.6) is 28.7 Å². The topological polar surface area (TPSA) is 83.5 Å². The summed E-state index contributed by atoms with van der Waals surface area (Å²) in [5.74, 6) is 2.67. The third kappa shape index (κ3) is 5.06. The van der Waals surface area contributed by atoms with E-state index >= 15 is 0 Å². The first kappa shape index (κ1) is 24.4. The van der Waals surface area contributed by atoms with Gasteiger partial charge in [-0.15, -0.1) is 0 Å². The van der Waals surface area contributed by atoms with Crippen molar-refractivity contribution in [3.05, 3.63) is 47.5 Å². The number of benzene rings is 2. The lowest BCUT2D eigenvalue weighted by atomic mass is 9.82. The molecule has 2 aliphatic heterocycles. The summed E-state index contributed by atoms with van der Waals surface area (Å²) in [5.41, 5.74) is 0.656. The van der Waals surface area contributed by atoms with Crippen LogP contribution in [0, 0.1) is 0 Å². The molecule has 0 bridgehead atoms. The second-order valence-electron chi connectivity index (χ2n) is 8.59. The summed E-state index contributed by atoms with van der Waals surface area (Å²) >= 11 is 0. The minimum absolute atomic E-state index is 0.0186. The number of nitrogens with zero attached hydrogens (tertiary/aromatic N) is 1. The number of Topliss-reactive ketones (excluding diaryl/α,β-unsaturated/α-hetero) is 1. The molecule has 0 unspecified atom stereocenters. The van der Waals surface area contributed by atoms with Crippen molar-refractivity contribution in [3.8, 4) is 28.7 Å². The van der Waals surface area contributed by atoms with E-state index in [1.54, 1.807) is 43.4 Å². The minimum atomic E-state index is -0.634. The van der Waals surface area contributed by atoms with Crippen molar-refractivity contribution in [2.24, 2.45) is 0 Å². The van der Waals surface area contributed by atoms with Crippen molar-refractivity contribution >= 4 is 17.8 Å². The number of amides is 1. The Morgan fingerprint density at radius 2 is 1.77 bits per heavy atom. The fourth-order valence-electron chi connectivity index (χ4n) is 4.60. The molecule has 0 aromatic heterocycles. The molecule has 0 N–H and O–H groups in total. The van der Waals surface area contributed by atoms with E-state index in [1.807, 2.05) is 25.1 Å². The second-order valence-corrected chi connectivity index (χ2v) is 8.59. The van der Waals surface area contributed by atoms with Crippen molar-refractivity contribution in [2.45, 2.75) is 31.8 Å². The summed E-state index contributed by atoms with van der Waals surface area (Å²) < 4.78 is 28.0. The quantitative estimate of drug-likeness (QED) is 0.550. The lowest BCUT2D eigenvalue weighted by molar-refractivity contribution is -0.129. The minimum Gasteiger partial charge on any atom is -0.496 e. The number of piperidine rings is 1. The molecule has 2 aromatic rings. The van der Waals surface area contributed by atoms with E-state index in [0.717, 1.165) is 5.56 Å². The van der Waals surface area contributed by atoms with Crippen LogP contribution in [-0.4, -0.2) is 63.2 Å². The van der Waals surface area contributed by atoms with Gasteiger partial charge in [-0.25, -0.2) is 0 Å². The number of hydrogen-bond donors (Lipinski definition) is 0. The molecule has 0 saturated carbocycles. The summed E-state index contributed by atoms with van der Waals surface area (Å²) in [7, 11) is 4.67. The number of carbonyl (C=O) groups is 2. The highest BCUT2D eigenvalue weighted by Crippen LogP contribution is 2.44. The molecule has 2 aliphatic rings. The van der Waals surface area contributed by atoms with Gasteiger partial charge < -0.3 is 28.6 Å². The Morgan fingerprint density at radius 3 is 2.43 bits per heavy atom. The molecule has 1 fully saturated rings. The van der Waals surface area contributed by atoms with Crippen molar-refractivity contribution in [2.75, 3.05) is 41.0 Å². The predicted molar refractivity (Wildman–Crippen MR) is 131 cm³/mol.